The number of rotatable bonds is 1. The van der Waals surface area contributed by atoms with Gasteiger partial charge in [0.25, 0.3) is 11.5 Å². The Morgan fingerprint density at radius 3 is 2.80 bits per heavy atom. The van der Waals surface area contributed by atoms with Gasteiger partial charge in [0.05, 0.1) is 6.61 Å². The smallest absolute Gasteiger partial charge is 0.283 e. The van der Waals surface area contributed by atoms with Gasteiger partial charge < -0.3 is 4.98 Å². The molecule has 0 unspecified atom stereocenters. The molecule has 0 bridgehead atoms. The minimum atomic E-state index is -0.307. The van der Waals surface area contributed by atoms with Crippen molar-refractivity contribution in [3.05, 3.63) is 33.2 Å². The molecule has 1 N–H and O–H groups in total. The number of aromatic amines is 1. The van der Waals surface area contributed by atoms with Crippen LogP contribution in [-0.4, -0.2) is 29.1 Å². The molecule has 5 nitrogen and oxygen atoms in total. The molecule has 5 heteroatoms. The van der Waals surface area contributed by atoms with E-state index in [4.69, 9.17) is 4.84 Å². The number of pyridine rings is 1. The maximum absolute atomic E-state index is 12.4. The summed E-state index contributed by atoms with van der Waals surface area (Å²) < 4.78 is 0. The number of nitrogens with zero attached hydrogens (tertiary/aromatic N) is 1. The maximum Gasteiger partial charge on any atom is 0.283 e. The first-order chi connectivity index (χ1) is 9.75. The fourth-order valence-electron chi connectivity index (χ4n) is 2.90. The molecule has 1 aliphatic carbocycles. The zero-order valence-corrected chi connectivity index (χ0v) is 11.6. The van der Waals surface area contributed by atoms with Crippen molar-refractivity contribution in [1.29, 1.82) is 0 Å². The first-order valence-corrected chi connectivity index (χ1v) is 7.45. The van der Waals surface area contributed by atoms with Gasteiger partial charge in [-0.05, 0) is 50.2 Å². The van der Waals surface area contributed by atoms with E-state index in [0.29, 0.717) is 13.2 Å². The molecule has 1 aliphatic heterocycles. The first-order valence-electron chi connectivity index (χ1n) is 7.45. The highest BCUT2D eigenvalue weighted by Gasteiger charge is 2.23. The van der Waals surface area contributed by atoms with Crippen molar-refractivity contribution in [1.82, 2.24) is 10.0 Å². The molecule has 20 heavy (non-hydrogen) atoms. The van der Waals surface area contributed by atoms with E-state index < -0.39 is 0 Å². The predicted molar refractivity (Wildman–Crippen MR) is 74.5 cm³/mol. The fourth-order valence-corrected chi connectivity index (χ4v) is 2.90. The summed E-state index contributed by atoms with van der Waals surface area (Å²) in [6, 6.07) is 1.78. The van der Waals surface area contributed by atoms with E-state index in [0.717, 1.165) is 49.8 Å². The Hall–Kier alpha value is -1.62. The molecular weight excluding hydrogens is 256 g/mol. The molecule has 1 amide bonds. The maximum atomic E-state index is 12.4. The Morgan fingerprint density at radius 1 is 1.15 bits per heavy atom. The third-order valence-electron chi connectivity index (χ3n) is 4.05. The van der Waals surface area contributed by atoms with Gasteiger partial charge in [0, 0.05) is 12.2 Å². The second-order valence-electron chi connectivity index (χ2n) is 5.52. The zero-order chi connectivity index (χ0) is 13.9. The van der Waals surface area contributed by atoms with Crippen molar-refractivity contribution in [2.45, 2.75) is 44.9 Å². The highest BCUT2D eigenvalue weighted by atomic mass is 16.7. The van der Waals surface area contributed by atoms with Gasteiger partial charge in [-0.15, -0.1) is 0 Å². The Kier molecular flexibility index (Phi) is 3.87. The van der Waals surface area contributed by atoms with Gasteiger partial charge in [-0.25, -0.2) is 5.06 Å². The molecule has 1 aromatic heterocycles. The molecule has 2 aliphatic rings. The van der Waals surface area contributed by atoms with Crippen LogP contribution in [0.15, 0.2) is 10.9 Å². The Bertz CT molecular complexity index is 559. The lowest BCUT2D eigenvalue weighted by molar-refractivity contribution is -0.144. The average Bonchev–Trinajstić information content (AvgIpc) is 2.71. The largest absolute Gasteiger partial charge is 0.325 e. The highest BCUT2D eigenvalue weighted by molar-refractivity contribution is 5.93. The molecule has 0 atom stereocenters. The van der Waals surface area contributed by atoms with Crippen molar-refractivity contribution in [2.75, 3.05) is 13.2 Å². The van der Waals surface area contributed by atoms with Crippen LogP contribution in [0.5, 0.6) is 0 Å². The van der Waals surface area contributed by atoms with E-state index in [1.165, 1.54) is 11.5 Å². The Labute approximate surface area is 117 Å². The summed E-state index contributed by atoms with van der Waals surface area (Å²) in [5.74, 6) is -0.307. The van der Waals surface area contributed by atoms with Gasteiger partial charge in [-0.2, -0.15) is 0 Å². The minimum Gasteiger partial charge on any atom is -0.325 e. The number of nitrogens with one attached hydrogen (secondary N) is 1. The lowest BCUT2D eigenvalue weighted by Gasteiger charge is -2.25. The molecule has 1 fully saturated rings. The lowest BCUT2D eigenvalue weighted by atomic mass is 10.1. The first kappa shape index (κ1) is 13.4. The van der Waals surface area contributed by atoms with E-state index in [1.54, 1.807) is 6.07 Å². The van der Waals surface area contributed by atoms with E-state index >= 15 is 0 Å². The molecule has 0 radical (unpaired) electrons. The topological polar surface area (TPSA) is 62.4 Å². The van der Waals surface area contributed by atoms with Gasteiger partial charge in [0.1, 0.15) is 5.56 Å². The van der Waals surface area contributed by atoms with Crippen LogP contribution >= 0.6 is 0 Å². The van der Waals surface area contributed by atoms with E-state index in [-0.39, 0.29) is 17.0 Å². The number of hydrogen-bond donors (Lipinski definition) is 1. The van der Waals surface area contributed by atoms with Crippen LogP contribution in [0.25, 0.3) is 0 Å². The third kappa shape index (κ3) is 2.63. The standard InChI is InChI=1S/C15H20N2O3/c18-14-12(15(19)17-8-4-5-9-20-17)10-11-6-2-1-3-7-13(11)16-14/h10H,1-9H2,(H,16,18). The van der Waals surface area contributed by atoms with Gasteiger partial charge in [-0.1, -0.05) is 6.42 Å². The van der Waals surface area contributed by atoms with Crippen molar-refractivity contribution < 1.29 is 9.63 Å². The molecule has 0 aromatic carbocycles. The quantitative estimate of drug-likeness (QED) is 0.796. The van der Waals surface area contributed by atoms with Gasteiger partial charge in [-0.3, -0.25) is 14.4 Å². The van der Waals surface area contributed by atoms with Crippen molar-refractivity contribution >= 4 is 5.91 Å². The number of hydrogen-bond acceptors (Lipinski definition) is 3. The number of aryl methyl sites for hydroxylation is 2. The van der Waals surface area contributed by atoms with Crippen LogP contribution in [0.2, 0.25) is 0 Å². The van der Waals surface area contributed by atoms with Crippen LogP contribution in [-0.2, 0) is 17.7 Å². The van der Waals surface area contributed by atoms with Crippen LogP contribution in [0.4, 0.5) is 0 Å². The Morgan fingerprint density at radius 2 is 2.00 bits per heavy atom. The summed E-state index contributed by atoms with van der Waals surface area (Å²) in [7, 11) is 0. The minimum absolute atomic E-state index is 0.215. The highest BCUT2D eigenvalue weighted by Crippen LogP contribution is 2.19. The van der Waals surface area contributed by atoms with Crippen molar-refractivity contribution in [3.8, 4) is 0 Å². The number of fused-ring (bicyclic) bond motifs is 1. The SMILES string of the molecule is O=C(c1cc2c([nH]c1=O)CCCCC2)N1CCCCO1. The third-order valence-corrected chi connectivity index (χ3v) is 4.05. The summed E-state index contributed by atoms with van der Waals surface area (Å²) in [5.41, 5.74) is 2.04. The second-order valence-corrected chi connectivity index (χ2v) is 5.52. The van der Waals surface area contributed by atoms with Gasteiger partial charge >= 0.3 is 0 Å². The molecule has 108 valence electrons. The molecule has 1 aromatic rings. The van der Waals surface area contributed by atoms with Crippen LogP contribution in [0, 0.1) is 0 Å². The number of H-pyrrole nitrogens is 1. The van der Waals surface area contributed by atoms with E-state index in [1.807, 2.05) is 0 Å². The summed E-state index contributed by atoms with van der Waals surface area (Å²) in [6.07, 6.45) is 7.12. The monoisotopic (exact) mass is 276 g/mol. The lowest BCUT2D eigenvalue weighted by Crippen LogP contribution is -2.38. The predicted octanol–water partition coefficient (Wildman–Crippen LogP) is 1.81. The van der Waals surface area contributed by atoms with Crippen LogP contribution < -0.4 is 5.56 Å². The summed E-state index contributed by atoms with van der Waals surface area (Å²) in [6.45, 7) is 1.12. The van der Waals surface area contributed by atoms with Gasteiger partial charge in [0.15, 0.2) is 0 Å². The van der Waals surface area contributed by atoms with Crippen LogP contribution in [0.1, 0.15) is 53.7 Å². The fraction of sp³-hybridized carbons (Fsp3) is 0.600. The normalized spacial score (nSPS) is 19.3. The number of amides is 1. The van der Waals surface area contributed by atoms with E-state index in [2.05, 4.69) is 4.98 Å². The number of aromatic nitrogens is 1. The van der Waals surface area contributed by atoms with Crippen molar-refractivity contribution in [3.63, 3.8) is 0 Å². The van der Waals surface area contributed by atoms with Crippen molar-refractivity contribution in [2.24, 2.45) is 0 Å². The number of carbonyl (C=O) groups excluding carboxylic acids is 1. The summed E-state index contributed by atoms with van der Waals surface area (Å²) in [4.78, 5) is 32.7. The molecule has 1 saturated heterocycles. The number of hydroxylamine groups is 2. The van der Waals surface area contributed by atoms with Gasteiger partial charge in [0.2, 0.25) is 0 Å². The zero-order valence-electron chi connectivity index (χ0n) is 11.6. The van der Waals surface area contributed by atoms with Crippen LogP contribution in [0.3, 0.4) is 0 Å². The summed E-state index contributed by atoms with van der Waals surface area (Å²) in [5, 5.41) is 1.33. The molecule has 0 spiro atoms. The molecular formula is C15H20N2O3. The average molecular weight is 276 g/mol. The summed E-state index contributed by atoms with van der Waals surface area (Å²) >= 11 is 0. The van der Waals surface area contributed by atoms with E-state index in [9.17, 15) is 9.59 Å². The molecule has 0 saturated carbocycles. The molecule has 2 heterocycles. The molecule has 3 rings (SSSR count). The Balaban J connectivity index is 1.91. The number of carbonyl (C=O) groups is 1. The second kappa shape index (κ2) is 5.79.